The van der Waals surface area contributed by atoms with E-state index in [0.717, 1.165) is 6.07 Å². The van der Waals surface area contributed by atoms with Crippen LogP contribution in [0.3, 0.4) is 0 Å². The Balaban J connectivity index is 1.83. The molecule has 1 fully saturated rings. The Morgan fingerprint density at radius 2 is 1.79 bits per heavy atom. The molecule has 0 N–H and O–H groups in total. The number of halogens is 2. The third-order valence-electron chi connectivity index (χ3n) is 4.82. The Morgan fingerprint density at radius 1 is 1.11 bits per heavy atom. The van der Waals surface area contributed by atoms with Crippen LogP contribution in [0, 0.1) is 6.92 Å². The molecule has 1 atom stereocenters. The maximum atomic E-state index is 13.0. The minimum absolute atomic E-state index is 0.192. The first kappa shape index (κ1) is 20.8. The van der Waals surface area contributed by atoms with Gasteiger partial charge in [0, 0.05) is 24.1 Å². The van der Waals surface area contributed by atoms with E-state index in [1.54, 1.807) is 16.7 Å². The van der Waals surface area contributed by atoms with Crippen molar-refractivity contribution in [3.8, 4) is 0 Å². The van der Waals surface area contributed by atoms with Crippen LogP contribution in [0.5, 0.6) is 0 Å². The van der Waals surface area contributed by atoms with Crippen LogP contribution in [0.1, 0.15) is 33.2 Å². The quantitative estimate of drug-likeness (QED) is 0.733. The van der Waals surface area contributed by atoms with Gasteiger partial charge in [0.15, 0.2) is 0 Å². The van der Waals surface area contributed by atoms with E-state index in [0.29, 0.717) is 25.3 Å². The summed E-state index contributed by atoms with van der Waals surface area (Å²) in [5, 5.41) is 0.235. The van der Waals surface area contributed by atoms with Gasteiger partial charge in [-0.2, -0.15) is 20.5 Å². The second-order valence-corrected chi connectivity index (χ2v) is 9.80. The van der Waals surface area contributed by atoms with Crippen molar-refractivity contribution in [1.82, 2.24) is 4.90 Å². The van der Waals surface area contributed by atoms with Gasteiger partial charge in [-0.25, -0.2) is 8.42 Å². The highest BCUT2D eigenvalue weighted by atomic mass is 32.2. The molecule has 0 spiro atoms. The lowest BCUT2D eigenvalue weighted by atomic mass is 10.0. The normalized spacial score (nSPS) is 18.1. The van der Waals surface area contributed by atoms with E-state index in [-0.39, 0.29) is 10.8 Å². The number of alkyl halides is 2. The molecule has 0 bridgehead atoms. The van der Waals surface area contributed by atoms with Gasteiger partial charge in [-0.3, -0.25) is 4.79 Å². The SMILES string of the molecule is Cc1ccccc1[C@@H]1CCN(C(=O)c2ccccc2S(=O)(=O)C(F)F)CCS1. The summed E-state index contributed by atoms with van der Waals surface area (Å²) >= 11 is 1.75. The average molecular weight is 426 g/mol. The van der Waals surface area contributed by atoms with E-state index in [1.807, 2.05) is 12.1 Å². The number of rotatable bonds is 4. The summed E-state index contributed by atoms with van der Waals surface area (Å²) in [6.45, 7) is 2.93. The fourth-order valence-electron chi connectivity index (χ4n) is 3.33. The van der Waals surface area contributed by atoms with Crippen molar-refractivity contribution in [3.63, 3.8) is 0 Å². The minimum Gasteiger partial charge on any atom is -0.338 e. The van der Waals surface area contributed by atoms with Crippen molar-refractivity contribution in [3.05, 3.63) is 65.2 Å². The van der Waals surface area contributed by atoms with Crippen molar-refractivity contribution in [2.45, 2.75) is 29.2 Å². The van der Waals surface area contributed by atoms with Crippen molar-refractivity contribution in [2.24, 2.45) is 0 Å². The average Bonchev–Trinajstić information content (AvgIpc) is 2.94. The summed E-state index contributed by atoms with van der Waals surface area (Å²) in [6.07, 6.45) is 0.713. The smallest absolute Gasteiger partial charge is 0.338 e. The summed E-state index contributed by atoms with van der Waals surface area (Å²) in [6, 6.07) is 13.3. The summed E-state index contributed by atoms with van der Waals surface area (Å²) < 4.78 is 49.9. The molecule has 0 aromatic heterocycles. The van der Waals surface area contributed by atoms with Gasteiger partial charge < -0.3 is 4.90 Å². The van der Waals surface area contributed by atoms with E-state index in [4.69, 9.17) is 0 Å². The van der Waals surface area contributed by atoms with Crippen molar-refractivity contribution in [1.29, 1.82) is 0 Å². The highest BCUT2D eigenvalue weighted by Crippen LogP contribution is 2.36. The molecule has 3 rings (SSSR count). The molecule has 1 amide bonds. The number of carbonyl (C=O) groups is 1. The van der Waals surface area contributed by atoms with Gasteiger partial charge in [0.2, 0.25) is 9.84 Å². The van der Waals surface area contributed by atoms with Crippen LogP contribution in [0.4, 0.5) is 8.78 Å². The Kier molecular flexibility index (Phi) is 6.40. The number of hydrogen-bond acceptors (Lipinski definition) is 4. The number of benzene rings is 2. The van der Waals surface area contributed by atoms with Gasteiger partial charge in [0.25, 0.3) is 5.91 Å². The molecule has 0 radical (unpaired) electrons. The van der Waals surface area contributed by atoms with Gasteiger partial charge in [0.05, 0.1) is 10.5 Å². The zero-order valence-electron chi connectivity index (χ0n) is 15.3. The first-order valence-electron chi connectivity index (χ1n) is 8.90. The van der Waals surface area contributed by atoms with Gasteiger partial charge >= 0.3 is 5.76 Å². The van der Waals surface area contributed by atoms with Gasteiger partial charge in [-0.1, -0.05) is 36.4 Å². The number of sulfone groups is 1. The van der Waals surface area contributed by atoms with Crippen LogP contribution < -0.4 is 0 Å². The number of hydrogen-bond donors (Lipinski definition) is 0. The van der Waals surface area contributed by atoms with Crippen LogP contribution >= 0.6 is 11.8 Å². The number of carbonyl (C=O) groups excluding carboxylic acids is 1. The Labute approximate surface area is 167 Å². The molecular formula is C20H21F2NO3S2. The van der Waals surface area contributed by atoms with E-state index >= 15 is 0 Å². The zero-order chi connectivity index (χ0) is 20.3. The molecule has 1 saturated heterocycles. The lowest BCUT2D eigenvalue weighted by molar-refractivity contribution is 0.0762. The zero-order valence-corrected chi connectivity index (χ0v) is 17.0. The van der Waals surface area contributed by atoms with Gasteiger partial charge in [-0.05, 0) is 36.6 Å². The van der Waals surface area contributed by atoms with Crippen LogP contribution in [-0.2, 0) is 9.84 Å². The molecule has 1 aliphatic rings. The van der Waals surface area contributed by atoms with Crippen molar-refractivity contribution >= 4 is 27.5 Å². The first-order chi connectivity index (χ1) is 13.3. The Morgan fingerprint density at radius 3 is 2.50 bits per heavy atom. The van der Waals surface area contributed by atoms with E-state index in [9.17, 15) is 22.0 Å². The predicted octanol–water partition coefficient (Wildman–Crippen LogP) is 4.31. The molecule has 150 valence electrons. The molecule has 0 unspecified atom stereocenters. The molecule has 2 aromatic rings. The standard InChI is InChI=1S/C20H21F2NO3S2/c1-14-6-2-3-7-15(14)17-10-11-23(12-13-27-17)19(24)16-8-4-5-9-18(16)28(25,26)20(21)22/h2-9,17,20H,10-13H2,1H3/t17-/m0/s1. The van der Waals surface area contributed by atoms with Gasteiger partial charge in [-0.15, -0.1) is 0 Å². The van der Waals surface area contributed by atoms with Crippen LogP contribution in [0.25, 0.3) is 0 Å². The fourth-order valence-corrected chi connectivity index (χ4v) is 5.58. The van der Waals surface area contributed by atoms with Crippen molar-refractivity contribution < 1.29 is 22.0 Å². The van der Waals surface area contributed by atoms with E-state index < -0.39 is 26.4 Å². The molecule has 4 nitrogen and oxygen atoms in total. The van der Waals surface area contributed by atoms with E-state index in [2.05, 4.69) is 19.1 Å². The molecular weight excluding hydrogens is 404 g/mol. The second-order valence-electron chi connectivity index (χ2n) is 6.60. The molecule has 1 aliphatic heterocycles. The van der Waals surface area contributed by atoms with E-state index in [1.165, 1.54) is 29.3 Å². The number of nitrogens with zero attached hydrogens (tertiary/aromatic N) is 1. The lowest BCUT2D eigenvalue weighted by Crippen LogP contribution is -2.34. The highest BCUT2D eigenvalue weighted by Gasteiger charge is 2.32. The molecule has 0 saturated carbocycles. The van der Waals surface area contributed by atoms with Gasteiger partial charge in [0.1, 0.15) is 0 Å². The topological polar surface area (TPSA) is 54.5 Å². The van der Waals surface area contributed by atoms with Crippen LogP contribution in [0.2, 0.25) is 0 Å². The van der Waals surface area contributed by atoms with Crippen molar-refractivity contribution in [2.75, 3.05) is 18.8 Å². The molecule has 0 aliphatic carbocycles. The maximum absolute atomic E-state index is 13.0. The number of aryl methyl sites for hydroxylation is 1. The maximum Gasteiger partial charge on any atom is 0.341 e. The predicted molar refractivity (Wildman–Crippen MR) is 107 cm³/mol. The summed E-state index contributed by atoms with van der Waals surface area (Å²) in [4.78, 5) is 13.9. The highest BCUT2D eigenvalue weighted by molar-refractivity contribution is 7.99. The second kappa shape index (κ2) is 8.61. The molecule has 1 heterocycles. The minimum atomic E-state index is -4.85. The number of amides is 1. The summed E-state index contributed by atoms with van der Waals surface area (Å²) in [7, 11) is -4.85. The Hall–Kier alpha value is -1.93. The molecule has 28 heavy (non-hydrogen) atoms. The lowest BCUT2D eigenvalue weighted by Gasteiger charge is -2.22. The van der Waals surface area contributed by atoms with Crippen LogP contribution in [0.15, 0.2) is 53.4 Å². The number of thioether (sulfide) groups is 1. The monoisotopic (exact) mass is 425 g/mol. The largest absolute Gasteiger partial charge is 0.341 e. The third kappa shape index (κ3) is 4.22. The first-order valence-corrected chi connectivity index (χ1v) is 11.5. The van der Waals surface area contributed by atoms with Crippen LogP contribution in [-0.4, -0.2) is 43.8 Å². The fraction of sp³-hybridized carbons (Fsp3) is 0.350. The summed E-state index contributed by atoms with van der Waals surface area (Å²) in [5.41, 5.74) is 2.22. The Bertz CT molecular complexity index is 963. The molecule has 8 heteroatoms. The molecule has 2 aromatic carbocycles. The summed E-state index contributed by atoms with van der Waals surface area (Å²) in [5.74, 6) is -3.40. The third-order valence-corrected chi connectivity index (χ3v) is 7.57.